The number of hydrogen-bond acceptors (Lipinski definition) is 12. The molecule has 0 N–H and O–H groups in total. The topological polar surface area (TPSA) is 141 Å². The van der Waals surface area contributed by atoms with Crippen molar-refractivity contribution in [3.8, 4) is 0 Å². The van der Waals surface area contributed by atoms with Crippen LogP contribution in [0.3, 0.4) is 0 Å². The fourth-order valence-electron chi connectivity index (χ4n) is 5.62. The van der Waals surface area contributed by atoms with Crippen molar-refractivity contribution in [2.24, 2.45) is 15.9 Å². The molecule has 2 aromatic heterocycles. The molecule has 0 amide bonds. The Kier molecular flexibility index (Phi) is 14.6. The molecular formula is C31H50N2O10P2. The molecule has 5 atom stereocenters. The van der Waals surface area contributed by atoms with Crippen LogP contribution in [0.1, 0.15) is 78.7 Å². The van der Waals surface area contributed by atoms with E-state index in [4.69, 9.17) is 46.4 Å². The van der Waals surface area contributed by atoms with Crippen molar-refractivity contribution in [2.75, 3.05) is 45.8 Å². The van der Waals surface area contributed by atoms with Gasteiger partial charge in [0.05, 0.1) is 69.9 Å². The third-order valence-corrected chi connectivity index (χ3v) is 12.0. The molecule has 0 fully saturated rings. The van der Waals surface area contributed by atoms with Crippen molar-refractivity contribution in [1.29, 1.82) is 0 Å². The van der Waals surface area contributed by atoms with E-state index >= 15 is 4.57 Å². The number of nitrogens with zero attached hydrogens (tertiary/aromatic N) is 2. The summed E-state index contributed by atoms with van der Waals surface area (Å²) in [6.07, 6.45) is 2.86. The SMILES string of the molecule is CCOC1=N[C@@H](C(C)C)C(OCC)=NC1C(c1ccco1)C(C(CP(=O)(OCC)OCC)c1ccco1)P(=O)(OCC)OCC. The third kappa shape index (κ3) is 9.21. The standard InChI is InChI=1S/C31H50N2O10P2/c1-9-36-30-27(22(7)8)32-31(37-10-2)28(33-30)26(25-18-16-20-39-25)29(45(35,42-13-5)43-14-6)23(24-17-15-19-38-24)21-44(34,40-11-3)41-12-4/h15-20,22-23,26-29H,9-14,21H2,1-8H3/t23?,26?,27-,28?,29?/m0/s1. The Hall–Kier alpha value is -2.20. The molecular weight excluding hydrogens is 622 g/mol. The van der Waals surface area contributed by atoms with E-state index in [1.165, 1.54) is 12.5 Å². The number of hydrogen-bond donors (Lipinski definition) is 0. The van der Waals surface area contributed by atoms with Crippen LogP contribution in [0.5, 0.6) is 0 Å². The minimum absolute atomic E-state index is 0.0571. The van der Waals surface area contributed by atoms with Crippen LogP contribution in [0.15, 0.2) is 55.6 Å². The molecule has 45 heavy (non-hydrogen) atoms. The predicted octanol–water partition coefficient (Wildman–Crippen LogP) is 7.92. The molecule has 0 saturated carbocycles. The smallest absolute Gasteiger partial charge is 0.335 e. The molecule has 3 heterocycles. The van der Waals surface area contributed by atoms with Crippen molar-refractivity contribution in [2.45, 2.75) is 85.0 Å². The molecule has 12 nitrogen and oxygen atoms in total. The number of aliphatic imine (C=N–C) groups is 2. The number of rotatable bonds is 19. The Bertz CT molecular complexity index is 1280. The summed E-state index contributed by atoms with van der Waals surface area (Å²) in [5.74, 6) is -0.0931. The highest BCUT2D eigenvalue weighted by Crippen LogP contribution is 2.65. The van der Waals surface area contributed by atoms with Crippen LogP contribution in [0.2, 0.25) is 0 Å². The van der Waals surface area contributed by atoms with Crippen LogP contribution in [0.25, 0.3) is 0 Å². The molecule has 254 valence electrons. The molecule has 1 aliphatic rings. The number of ether oxygens (including phenoxy) is 2. The Morgan fingerprint density at radius 3 is 1.64 bits per heavy atom. The van der Waals surface area contributed by atoms with Gasteiger partial charge in [-0.15, -0.1) is 0 Å². The lowest BCUT2D eigenvalue weighted by Gasteiger charge is -2.40. The van der Waals surface area contributed by atoms with Gasteiger partial charge in [-0.05, 0) is 71.7 Å². The second-order valence-corrected chi connectivity index (χ2v) is 14.9. The van der Waals surface area contributed by atoms with Crippen LogP contribution < -0.4 is 0 Å². The van der Waals surface area contributed by atoms with Gasteiger partial charge in [0, 0.05) is 5.92 Å². The van der Waals surface area contributed by atoms with Gasteiger partial charge in [-0.2, -0.15) is 0 Å². The number of furan rings is 2. The predicted molar refractivity (Wildman–Crippen MR) is 174 cm³/mol. The Balaban J connectivity index is 2.40. The highest BCUT2D eigenvalue weighted by atomic mass is 31.2. The summed E-state index contributed by atoms with van der Waals surface area (Å²) >= 11 is 0. The maximum absolute atomic E-state index is 15.2. The van der Waals surface area contributed by atoms with Gasteiger partial charge in [0.15, 0.2) is 0 Å². The zero-order chi connectivity index (χ0) is 33.0. The van der Waals surface area contributed by atoms with E-state index in [1.807, 2.05) is 27.7 Å². The monoisotopic (exact) mass is 672 g/mol. The second kappa shape index (κ2) is 17.6. The molecule has 0 spiro atoms. The van der Waals surface area contributed by atoms with E-state index in [0.717, 1.165) is 0 Å². The molecule has 0 bridgehead atoms. The summed E-state index contributed by atoms with van der Waals surface area (Å²) in [7, 11) is -7.86. The van der Waals surface area contributed by atoms with E-state index in [2.05, 4.69) is 0 Å². The molecule has 14 heteroatoms. The zero-order valence-electron chi connectivity index (χ0n) is 27.7. The molecule has 2 aromatic rings. The van der Waals surface area contributed by atoms with E-state index < -0.39 is 38.7 Å². The zero-order valence-corrected chi connectivity index (χ0v) is 29.5. The van der Waals surface area contributed by atoms with Gasteiger partial charge >= 0.3 is 15.2 Å². The van der Waals surface area contributed by atoms with Crippen LogP contribution in [-0.2, 0) is 36.7 Å². The van der Waals surface area contributed by atoms with Crippen molar-refractivity contribution in [1.82, 2.24) is 0 Å². The molecule has 3 rings (SSSR count). The summed E-state index contributed by atoms with van der Waals surface area (Å²) in [6, 6.07) is 5.71. The highest BCUT2D eigenvalue weighted by Gasteiger charge is 2.55. The minimum atomic E-state index is -4.10. The van der Waals surface area contributed by atoms with E-state index in [1.54, 1.807) is 52.0 Å². The first-order valence-electron chi connectivity index (χ1n) is 15.9. The van der Waals surface area contributed by atoms with Crippen LogP contribution in [-0.4, -0.2) is 75.3 Å². The van der Waals surface area contributed by atoms with E-state index in [9.17, 15) is 4.57 Å². The summed E-state index contributed by atoms with van der Waals surface area (Å²) in [6.45, 7) is 15.9. The quantitative estimate of drug-likeness (QED) is 0.135. The van der Waals surface area contributed by atoms with Gasteiger partial charge in [0.2, 0.25) is 11.8 Å². The maximum Gasteiger partial charge on any atom is 0.335 e. The Labute approximate surface area is 267 Å². The van der Waals surface area contributed by atoms with Crippen molar-refractivity contribution in [3.63, 3.8) is 0 Å². The van der Waals surface area contributed by atoms with E-state index in [-0.39, 0.29) is 44.5 Å². The van der Waals surface area contributed by atoms with Gasteiger partial charge in [0.25, 0.3) is 0 Å². The lowest BCUT2D eigenvalue weighted by atomic mass is 9.84. The molecule has 0 radical (unpaired) electrons. The second-order valence-electron chi connectivity index (χ2n) is 10.6. The lowest BCUT2D eigenvalue weighted by molar-refractivity contribution is 0.192. The largest absolute Gasteiger partial charge is 0.480 e. The average molecular weight is 673 g/mol. The first kappa shape index (κ1) is 37.3. The van der Waals surface area contributed by atoms with Gasteiger partial charge in [0.1, 0.15) is 23.6 Å². The van der Waals surface area contributed by atoms with Crippen molar-refractivity contribution in [3.05, 3.63) is 48.3 Å². The van der Waals surface area contributed by atoms with Crippen LogP contribution >= 0.6 is 15.2 Å². The molecule has 0 aliphatic carbocycles. The highest BCUT2D eigenvalue weighted by molar-refractivity contribution is 7.55. The van der Waals surface area contributed by atoms with Crippen molar-refractivity contribution >= 4 is 27.0 Å². The first-order chi connectivity index (χ1) is 21.6. The van der Waals surface area contributed by atoms with Crippen molar-refractivity contribution < 1.29 is 45.5 Å². The normalized spacial score (nSPS) is 19.6. The van der Waals surface area contributed by atoms with E-state index in [0.29, 0.717) is 36.5 Å². The Morgan fingerprint density at radius 2 is 1.20 bits per heavy atom. The molecule has 0 saturated heterocycles. The van der Waals surface area contributed by atoms with Gasteiger partial charge in [-0.25, -0.2) is 9.98 Å². The summed E-state index contributed by atoms with van der Waals surface area (Å²) in [5.41, 5.74) is -1.08. The average Bonchev–Trinajstić information content (AvgIpc) is 3.72. The summed E-state index contributed by atoms with van der Waals surface area (Å²) in [4.78, 5) is 10.1. The molecule has 0 aromatic carbocycles. The van der Waals surface area contributed by atoms with Gasteiger partial charge in [-0.3, -0.25) is 9.13 Å². The minimum Gasteiger partial charge on any atom is -0.480 e. The maximum atomic E-state index is 15.2. The fourth-order valence-corrected chi connectivity index (χ4v) is 10.3. The Morgan fingerprint density at radius 1 is 0.711 bits per heavy atom. The molecule has 4 unspecified atom stereocenters. The summed E-state index contributed by atoms with van der Waals surface area (Å²) in [5, 5.41) is 0. The first-order valence-corrected chi connectivity index (χ1v) is 19.2. The van der Waals surface area contributed by atoms with Crippen LogP contribution in [0, 0.1) is 5.92 Å². The van der Waals surface area contributed by atoms with Gasteiger partial charge < -0.3 is 36.4 Å². The molecule has 1 aliphatic heterocycles. The van der Waals surface area contributed by atoms with Crippen LogP contribution in [0.4, 0.5) is 0 Å². The lowest BCUT2D eigenvalue weighted by Crippen LogP contribution is -2.45. The van der Waals surface area contributed by atoms with Gasteiger partial charge in [-0.1, -0.05) is 13.8 Å². The summed E-state index contributed by atoms with van der Waals surface area (Å²) < 4.78 is 77.2. The fraction of sp³-hybridized carbons (Fsp3) is 0.677. The third-order valence-electron chi connectivity index (χ3n) is 7.21.